The second-order valence-electron chi connectivity index (χ2n) is 19.1. The molecule has 0 aliphatic carbocycles. The zero-order chi connectivity index (χ0) is 63.0. The van der Waals surface area contributed by atoms with Crippen LogP contribution in [0.5, 0.6) is 0 Å². The van der Waals surface area contributed by atoms with E-state index in [0.717, 1.165) is 6.92 Å². The molecule has 0 radical (unpaired) electrons. The van der Waals surface area contributed by atoms with Crippen LogP contribution in [0.4, 0.5) is 0 Å². The number of carboxylic acid groups (broad SMARTS) is 3. The van der Waals surface area contributed by atoms with Crippen LogP contribution in [0.1, 0.15) is 6.92 Å². The van der Waals surface area contributed by atoms with Gasteiger partial charge in [-0.3, -0.25) is 18.5 Å². The second kappa shape index (κ2) is 27.9. The van der Waals surface area contributed by atoms with Crippen LogP contribution in [0, 0.1) is 0 Å². The first-order chi connectivity index (χ1) is 38.9. The summed E-state index contributed by atoms with van der Waals surface area (Å²) in [5.74, 6) is -7.28. The van der Waals surface area contributed by atoms with Crippen molar-refractivity contribution in [3.63, 3.8) is 0 Å². The number of aliphatic carboxylic acids is 3. The van der Waals surface area contributed by atoms with Gasteiger partial charge in [0.25, 0.3) is 0 Å². The van der Waals surface area contributed by atoms with Crippen molar-refractivity contribution in [2.75, 3.05) is 26.4 Å². The molecule has 0 unspecified atom stereocenters. The Morgan fingerprint density at radius 1 is 0.429 bits per heavy atom. The quantitative estimate of drug-likeness (QED) is 0.0399. The van der Waals surface area contributed by atoms with Gasteiger partial charge in [0, 0.05) is 6.92 Å². The summed E-state index contributed by atoms with van der Waals surface area (Å²) in [5.41, 5.74) is 6.23. The van der Waals surface area contributed by atoms with Crippen LogP contribution in [-0.2, 0) is 115 Å². The van der Waals surface area contributed by atoms with E-state index in [2.05, 4.69) is 17.9 Å². The first-order valence-electron chi connectivity index (χ1n) is 24.0. The highest BCUT2D eigenvalue weighted by molar-refractivity contribution is 7.81. The molecule has 43 nitrogen and oxygen atoms in total. The first-order valence-corrected chi connectivity index (χ1v) is 28.1. The van der Waals surface area contributed by atoms with E-state index in [1.54, 1.807) is 0 Å². The van der Waals surface area contributed by atoms with E-state index in [9.17, 15) is 130 Å². The van der Waals surface area contributed by atoms with E-state index in [4.69, 9.17) is 57.8 Å². The van der Waals surface area contributed by atoms with Crippen LogP contribution in [0.15, 0.2) is 0 Å². The third-order valence-corrected chi connectivity index (χ3v) is 14.7. The fourth-order valence-electron chi connectivity index (χ4n) is 9.55. The summed E-state index contributed by atoms with van der Waals surface area (Å²) in [7, 11) is -17.0. The Hall–Kier alpha value is -3.43. The van der Waals surface area contributed by atoms with Crippen LogP contribution < -0.4 is 11.1 Å². The van der Waals surface area contributed by atoms with Gasteiger partial charge >= 0.3 is 49.1 Å². The molecule has 6 rings (SSSR count). The molecule has 486 valence electrons. The Kier molecular flexibility index (Phi) is 23.2. The normalized spacial score (nSPS) is 44.3. The predicted molar refractivity (Wildman–Crippen MR) is 244 cm³/mol. The fourth-order valence-corrected chi connectivity index (χ4v) is 10.9. The zero-order valence-electron chi connectivity index (χ0n) is 42.3. The number of carboxylic acids is 3. The van der Waals surface area contributed by atoms with Gasteiger partial charge in [0.15, 0.2) is 55.9 Å². The SMILES string of the molecule is CC(=O)N[C@H]1[C@@H](O[C@H]2[C@H](O)[C@@H](O)[C@H](O[C@H]3[C@H](OS(=O)(=O)O)[C@@H](N)[C@@H](O[C@H]4[C@H](O)[C@@H](OS(=O)(=O)O)[C@H](O[C@H]5[C@H](O)[C@@H](CO)O[C@@H]5CO)O[C@H]4C(=O)O)O[C@@H]3CO)O[C@@H]2C(=O)O)O[C@H](COS(=O)(=O)O)[C@@H](O[C@@H]2O[C@@H](C(=O)O)[C@@H](O)[C@H](O)[C@H]2O)[C@@H]1O. The Balaban J connectivity index is 1.26. The molecule has 6 heterocycles. The van der Waals surface area contributed by atoms with Gasteiger partial charge in [-0.25, -0.2) is 26.9 Å². The maximum absolute atomic E-state index is 12.9. The van der Waals surface area contributed by atoms with Crippen molar-refractivity contribution in [2.24, 2.45) is 5.73 Å². The summed E-state index contributed by atoms with van der Waals surface area (Å²) < 4.78 is 174. The van der Waals surface area contributed by atoms with E-state index < -0.39 is 259 Å². The Bertz CT molecular complexity index is 2620. The molecule has 6 saturated heterocycles. The number of hydrogen-bond donors (Lipinski definition) is 19. The number of carbonyl (C=O) groups excluding carboxylic acids is 1. The van der Waals surface area contributed by atoms with Crippen LogP contribution in [0.3, 0.4) is 0 Å². The molecular formula is C38H60N2O41S3. The van der Waals surface area contributed by atoms with E-state index in [1.165, 1.54) is 0 Å². The lowest BCUT2D eigenvalue weighted by Gasteiger charge is -2.50. The minimum atomic E-state index is -5.83. The van der Waals surface area contributed by atoms with Crippen molar-refractivity contribution < 1.29 is 194 Å². The number of aliphatic hydroxyl groups excluding tert-OH is 11. The van der Waals surface area contributed by atoms with E-state index in [0.29, 0.717) is 0 Å². The summed E-state index contributed by atoms with van der Waals surface area (Å²) in [6, 6.07) is -4.52. The van der Waals surface area contributed by atoms with Crippen LogP contribution in [-0.4, -0.2) is 338 Å². The molecule has 20 N–H and O–H groups in total. The molecule has 0 saturated carbocycles. The number of nitrogens with one attached hydrogen (secondary N) is 1. The van der Waals surface area contributed by atoms with Gasteiger partial charge in [-0.2, -0.15) is 25.3 Å². The monoisotopic (exact) mass is 1300 g/mol. The van der Waals surface area contributed by atoms with E-state index >= 15 is 0 Å². The van der Waals surface area contributed by atoms with Crippen LogP contribution >= 0.6 is 0 Å². The van der Waals surface area contributed by atoms with Gasteiger partial charge in [-0.15, -0.1) is 0 Å². The van der Waals surface area contributed by atoms with E-state index in [-0.39, 0.29) is 0 Å². The van der Waals surface area contributed by atoms with Gasteiger partial charge in [0.2, 0.25) is 5.91 Å². The molecule has 0 aromatic heterocycles. The molecule has 84 heavy (non-hydrogen) atoms. The molecule has 6 aliphatic rings. The molecule has 0 bridgehead atoms. The largest absolute Gasteiger partial charge is 0.479 e. The van der Waals surface area contributed by atoms with Crippen molar-refractivity contribution in [2.45, 2.75) is 185 Å². The number of amides is 1. The standard InChI is InChI=1S/C38H60N2O41S3/c1-6(44)40-12-14(46)22(72-36-18(50)15(47)16(48)27(77-36)31(53)54)10(5-68-82(59,60)61)71-35(12)76-25-17(49)19(51)37(78-29(25)32(55)56)74-23-9(4-43)70-34(11(39)24(23)80-83(62,63)64)75-26-20(52)28(81-84(65,66)67)38(79-30(26)33(57)58)73-21-8(3-42)69-7(2-41)13(21)45/h7-30,34-38,41-43,45-52H,2-5,39H2,1H3,(H,40,44)(H,53,54)(H,55,56)(H,57,58)(H,59,60,61)(H,62,63,64)(H,65,66,67)/t7-,8-,9-,10-,11-,12-,13-,14-,15+,16+,17-,18-,19-,20+,21-,22-,23-,24-,25+,26+,27-,28-,29+,30-,34-,35-,36-,37-,38-/m1/s1. The van der Waals surface area contributed by atoms with Crippen molar-refractivity contribution in [1.29, 1.82) is 0 Å². The minimum Gasteiger partial charge on any atom is -0.479 e. The lowest BCUT2D eigenvalue weighted by Crippen LogP contribution is -2.70. The van der Waals surface area contributed by atoms with Gasteiger partial charge in [0.1, 0.15) is 116 Å². The molecule has 0 aromatic carbocycles. The maximum Gasteiger partial charge on any atom is 0.397 e. The summed E-state index contributed by atoms with van der Waals surface area (Å²) in [6.45, 7) is -3.96. The molecular weight excluding hydrogens is 1240 g/mol. The molecule has 6 fully saturated rings. The van der Waals surface area contributed by atoms with Gasteiger partial charge in [-0.1, -0.05) is 0 Å². The van der Waals surface area contributed by atoms with Crippen molar-refractivity contribution in [1.82, 2.24) is 5.32 Å². The Morgan fingerprint density at radius 3 is 1.37 bits per heavy atom. The van der Waals surface area contributed by atoms with Crippen LogP contribution in [0.25, 0.3) is 0 Å². The molecule has 0 spiro atoms. The zero-order valence-corrected chi connectivity index (χ0v) is 44.7. The third kappa shape index (κ3) is 16.2. The highest BCUT2D eigenvalue weighted by Crippen LogP contribution is 2.38. The predicted octanol–water partition coefficient (Wildman–Crippen LogP) is -13.6. The van der Waals surface area contributed by atoms with E-state index in [1.807, 2.05) is 0 Å². The fraction of sp³-hybridized carbons (Fsp3) is 0.895. The molecule has 6 aliphatic heterocycles. The highest BCUT2D eigenvalue weighted by atomic mass is 32.3. The van der Waals surface area contributed by atoms with Gasteiger partial charge in [0.05, 0.1) is 32.5 Å². The van der Waals surface area contributed by atoms with Gasteiger partial charge < -0.3 is 135 Å². The van der Waals surface area contributed by atoms with Gasteiger partial charge in [-0.05, 0) is 0 Å². The third-order valence-electron chi connectivity index (χ3n) is 13.4. The minimum absolute atomic E-state index is 0.808. The molecule has 29 atom stereocenters. The summed E-state index contributed by atoms with van der Waals surface area (Å²) in [6.07, 6.45) is -63.9. The second-order valence-corrected chi connectivity index (χ2v) is 22.2. The summed E-state index contributed by atoms with van der Waals surface area (Å²) >= 11 is 0. The number of carbonyl (C=O) groups is 4. The Labute approximate surface area is 470 Å². The lowest BCUT2D eigenvalue weighted by atomic mass is 9.94. The van der Waals surface area contributed by atoms with Crippen molar-refractivity contribution in [3.8, 4) is 0 Å². The summed E-state index contributed by atoms with van der Waals surface area (Å²) in [5, 5.41) is 150. The smallest absolute Gasteiger partial charge is 0.397 e. The first kappa shape index (κ1) is 69.7. The molecule has 1 amide bonds. The number of rotatable bonds is 24. The topological polar surface area (TPSA) is 682 Å². The van der Waals surface area contributed by atoms with Crippen molar-refractivity contribution >= 4 is 55.0 Å². The number of hydrogen-bond acceptors (Lipinski definition) is 36. The maximum atomic E-state index is 12.9. The number of ether oxygens (including phenoxy) is 11. The lowest BCUT2D eigenvalue weighted by molar-refractivity contribution is -0.374. The molecule has 0 aromatic rings. The summed E-state index contributed by atoms with van der Waals surface area (Å²) in [4.78, 5) is 49.8. The average Bonchev–Trinajstić information content (AvgIpc) is 1.32. The molecule has 46 heteroatoms. The Morgan fingerprint density at radius 2 is 0.857 bits per heavy atom. The van der Waals surface area contributed by atoms with Crippen LogP contribution in [0.2, 0.25) is 0 Å². The van der Waals surface area contributed by atoms with Crippen molar-refractivity contribution in [3.05, 3.63) is 0 Å². The number of aliphatic hydroxyl groups is 11. The number of nitrogens with two attached hydrogens (primary N) is 1. The highest BCUT2D eigenvalue weighted by Gasteiger charge is 2.61. The average molecular weight is 1300 g/mol.